The van der Waals surface area contributed by atoms with E-state index in [0.717, 1.165) is 5.56 Å². The number of hydrogen-bond acceptors (Lipinski definition) is 2. The normalized spacial score (nSPS) is 17.8. The molecule has 0 saturated carbocycles. The molecular weight excluding hydrogens is 275 g/mol. The lowest BCUT2D eigenvalue weighted by atomic mass is 9.87. The Labute approximate surface area is 122 Å². The topological polar surface area (TPSA) is 69.6 Å². The van der Waals surface area contributed by atoms with Gasteiger partial charge in [-0.25, -0.2) is 9.18 Å². The number of carboxylic acids is 1. The molecule has 1 heterocycles. The Morgan fingerprint density at radius 2 is 1.86 bits per heavy atom. The van der Waals surface area contributed by atoms with Crippen LogP contribution in [0.2, 0.25) is 0 Å². The maximum atomic E-state index is 12.8. The van der Waals surface area contributed by atoms with Gasteiger partial charge in [-0.15, -0.1) is 0 Å². The van der Waals surface area contributed by atoms with Crippen LogP contribution in [0.15, 0.2) is 24.3 Å². The summed E-state index contributed by atoms with van der Waals surface area (Å²) in [5, 5.41) is 11.7. The minimum Gasteiger partial charge on any atom is -0.481 e. The highest BCUT2D eigenvalue weighted by molar-refractivity contribution is 5.76. The van der Waals surface area contributed by atoms with Crippen molar-refractivity contribution in [2.75, 3.05) is 13.1 Å². The fraction of sp³-hybridized carbons (Fsp3) is 0.467. The van der Waals surface area contributed by atoms with Gasteiger partial charge >= 0.3 is 12.0 Å². The minimum atomic E-state index is -0.834. The molecule has 2 N–H and O–H groups in total. The quantitative estimate of drug-likeness (QED) is 0.895. The third kappa shape index (κ3) is 3.51. The summed E-state index contributed by atoms with van der Waals surface area (Å²) in [5.41, 5.74) is 0.820. The van der Waals surface area contributed by atoms with Gasteiger partial charge in [0.05, 0.1) is 12.0 Å². The summed E-state index contributed by atoms with van der Waals surface area (Å²) < 4.78 is 12.8. The van der Waals surface area contributed by atoms with Crippen molar-refractivity contribution in [3.8, 4) is 0 Å². The molecule has 114 valence electrons. The molecule has 1 fully saturated rings. The Morgan fingerprint density at radius 1 is 1.29 bits per heavy atom. The van der Waals surface area contributed by atoms with E-state index < -0.39 is 11.9 Å². The number of nitrogens with one attached hydrogen (secondary N) is 1. The van der Waals surface area contributed by atoms with E-state index in [9.17, 15) is 14.0 Å². The molecule has 0 aliphatic carbocycles. The Hall–Kier alpha value is -2.11. The van der Waals surface area contributed by atoms with Crippen LogP contribution >= 0.6 is 0 Å². The lowest BCUT2D eigenvalue weighted by Crippen LogP contribution is -2.56. The second kappa shape index (κ2) is 6.11. The van der Waals surface area contributed by atoms with E-state index >= 15 is 0 Å². The minimum absolute atomic E-state index is 0.00868. The molecular formula is C15H19FN2O3. The molecule has 1 saturated heterocycles. The average molecular weight is 294 g/mol. The van der Waals surface area contributed by atoms with E-state index in [1.54, 1.807) is 24.0 Å². The standard InChI is InChI=1S/C15H19FN2O3/c1-9(14(19)20)12-7-18(8-12)15(21)17-10(2)11-3-5-13(16)6-4-11/h3-6,9-10,12H,7-8H2,1-2H3,(H,17,21)(H,19,20). The summed E-state index contributed by atoms with van der Waals surface area (Å²) in [6, 6.07) is 5.52. The third-order valence-electron chi connectivity index (χ3n) is 4.00. The first-order valence-electron chi connectivity index (χ1n) is 6.92. The highest BCUT2D eigenvalue weighted by Crippen LogP contribution is 2.24. The van der Waals surface area contributed by atoms with Gasteiger partial charge in [-0.05, 0) is 24.6 Å². The number of halogens is 1. The number of carboxylic acid groups (broad SMARTS) is 1. The van der Waals surface area contributed by atoms with Crippen molar-refractivity contribution in [3.63, 3.8) is 0 Å². The predicted molar refractivity (Wildman–Crippen MR) is 75.2 cm³/mol. The highest BCUT2D eigenvalue weighted by Gasteiger charge is 2.37. The molecule has 2 amide bonds. The number of carbonyl (C=O) groups excluding carboxylic acids is 1. The van der Waals surface area contributed by atoms with Crippen molar-refractivity contribution in [2.24, 2.45) is 11.8 Å². The van der Waals surface area contributed by atoms with E-state index in [2.05, 4.69) is 5.32 Å². The second-order valence-electron chi connectivity index (χ2n) is 5.51. The van der Waals surface area contributed by atoms with Gasteiger partial charge < -0.3 is 15.3 Å². The number of rotatable bonds is 4. The number of carbonyl (C=O) groups is 2. The van der Waals surface area contributed by atoms with Crippen molar-refractivity contribution in [1.29, 1.82) is 0 Å². The molecule has 1 aromatic rings. The maximum absolute atomic E-state index is 12.8. The maximum Gasteiger partial charge on any atom is 0.317 e. The van der Waals surface area contributed by atoms with Crippen molar-refractivity contribution < 1.29 is 19.1 Å². The van der Waals surface area contributed by atoms with E-state index in [1.165, 1.54) is 12.1 Å². The van der Waals surface area contributed by atoms with Gasteiger partial charge in [0.15, 0.2) is 0 Å². The number of benzene rings is 1. The van der Waals surface area contributed by atoms with E-state index in [-0.39, 0.29) is 23.8 Å². The van der Waals surface area contributed by atoms with Gasteiger partial charge in [0, 0.05) is 19.0 Å². The molecule has 0 bridgehead atoms. The summed E-state index contributed by atoms with van der Waals surface area (Å²) in [6.45, 7) is 4.39. The lowest BCUT2D eigenvalue weighted by Gasteiger charge is -2.41. The molecule has 2 unspecified atom stereocenters. The summed E-state index contributed by atoms with van der Waals surface area (Å²) in [4.78, 5) is 24.4. The fourth-order valence-electron chi connectivity index (χ4n) is 2.31. The highest BCUT2D eigenvalue weighted by atomic mass is 19.1. The smallest absolute Gasteiger partial charge is 0.317 e. The number of aliphatic carboxylic acids is 1. The van der Waals surface area contributed by atoms with Crippen molar-refractivity contribution in [1.82, 2.24) is 10.2 Å². The van der Waals surface area contributed by atoms with Gasteiger partial charge in [0.25, 0.3) is 0 Å². The zero-order valence-electron chi connectivity index (χ0n) is 12.0. The van der Waals surface area contributed by atoms with Gasteiger partial charge in [-0.3, -0.25) is 4.79 Å². The Bertz CT molecular complexity index is 526. The zero-order valence-corrected chi connectivity index (χ0v) is 12.0. The number of amides is 2. The molecule has 5 nitrogen and oxygen atoms in total. The number of hydrogen-bond donors (Lipinski definition) is 2. The molecule has 2 rings (SSSR count). The van der Waals surface area contributed by atoms with Gasteiger partial charge in [-0.1, -0.05) is 19.1 Å². The Kier molecular flexibility index (Phi) is 4.45. The summed E-state index contributed by atoms with van der Waals surface area (Å²) in [7, 11) is 0. The van der Waals surface area contributed by atoms with Crippen LogP contribution < -0.4 is 5.32 Å². The first kappa shape index (κ1) is 15.3. The van der Waals surface area contributed by atoms with Crippen LogP contribution in [0, 0.1) is 17.7 Å². The summed E-state index contributed by atoms with van der Waals surface area (Å²) >= 11 is 0. The number of nitrogens with zero attached hydrogens (tertiary/aromatic N) is 1. The van der Waals surface area contributed by atoms with Gasteiger partial charge in [0.1, 0.15) is 5.82 Å². The molecule has 6 heteroatoms. The fourth-order valence-corrected chi connectivity index (χ4v) is 2.31. The van der Waals surface area contributed by atoms with Crippen LogP contribution in [0.25, 0.3) is 0 Å². The largest absolute Gasteiger partial charge is 0.481 e. The van der Waals surface area contributed by atoms with Crippen LogP contribution in [0.1, 0.15) is 25.5 Å². The Balaban J connectivity index is 1.83. The van der Waals surface area contributed by atoms with Crippen LogP contribution in [0.4, 0.5) is 9.18 Å². The van der Waals surface area contributed by atoms with Gasteiger partial charge in [0.2, 0.25) is 0 Å². The Morgan fingerprint density at radius 3 is 2.38 bits per heavy atom. The molecule has 1 aliphatic heterocycles. The first-order valence-corrected chi connectivity index (χ1v) is 6.92. The summed E-state index contributed by atoms with van der Waals surface area (Å²) in [5.74, 6) is -1.58. The molecule has 2 atom stereocenters. The van der Waals surface area contributed by atoms with E-state index in [4.69, 9.17) is 5.11 Å². The molecule has 0 spiro atoms. The average Bonchev–Trinajstić information content (AvgIpc) is 2.37. The van der Waals surface area contributed by atoms with Crippen LogP contribution in [-0.2, 0) is 4.79 Å². The van der Waals surface area contributed by atoms with Crippen molar-refractivity contribution in [3.05, 3.63) is 35.6 Å². The van der Waals surface area contributed by atoms with Crippen LogP contribution in [0.5, 0.6) is 0 Å². The molecule has 0 radical (unpaired) electrons. The SMILES string of the molecule is CC(NC(=O)N1CC(C(C)C(=O)O)C1)c1ccc(F)cc1. The number of likely N-dealkylation sites (tertiary alicyclic amines) is 1. The molecule has 0 aromatic heterocycles. The van der Waals surface area contributed by atoms with E-state index in [1.807, 2.05) is 6.92 Å². The number of urea groups is 1. The second-order valence-corrected chi connectivity index (χ2v) is 5.51. The zero-order chi connectivity index (χ0) is 15.6. The van der Waals surface area contributed by atoms with Crippen molar-refractivity contribution in [2.45, 2.75) is 19.9 Å². The summed E-state index contributed by atoms with van der Waals surface area (Å²) in [6.07, 6.45) is 0. The lowest BCUT2D eigenvalue weighted by molar-refractivity contribution is -0.144. The van der Waals surface area contributed by atoms with Crippen molar-refractivity contribution >= 4 is 12.0 Å². The van der Waals surface area contributed by atoms with Crippen LogP contribution in [0.3, 0.4) is 0 Å². The molecule has 21 heavy (non-hydrogen) atoms. The molecule has 1 aromatic carbocycles. The predicted octanol–water partition coefficient (Wildman–Crippen LogP) is 2.25. The first-order chi connectivity index (χ1) is 9.88. The molecule has 1 aliphatic rings. The third-order valence-corrected chi connectivity index (χ3v) is 4.00. The van der Waals surface area contributed by atoms with E-state index in [0.29, 0.717) is 13.1 Å². The van der Waals surface area contributed by atoms with Gasteiger partial charge in [-0.2, -0.15) is 0 Å². The van der Waals surface area contributed by atoms with Crippen LogP contribution in [-0.4, -0.2) is 35.1 Å². The monoisotopic (exact) mass is 294 g/mol.